The minimum absolute atomic E-state index is 0.0384. The predicted octanol–water partition coefficient (Wildman–Crippen LogP) is 2.00. The molecule has 1 aromatic rings. The molecule has 2 N–H and O–H groups in total. The lowest BCUT2D eigenvalue weighted by atomic mass is 9.87. The van der Waals surface area contributed by atoms with Crippen LogP contribution >= 0.6 is 0 Å². The van der Waals surface area contributed by atoms with Crippen molar-refractivity contribution in [1.82, 2.24) is 10.6 Å². The molecule has 22 heavy (non-hydrogen) atoms. The quantitative estimate of drug-likeness (QED) is 0.845. The van der Waals surface area contributed by atoms with E-state index in [9.17, 15) is 9.59 Å². The molecule has 0 fully saturated rings. The van der Waals surface area contributed by atoms with Crippen molar-refractivity contribution in [2.75, 3.05) is 13.1 Å². The Labute approximate surface area is 132 Å². The molecule has 0 aliphatic rings. The molecule has 5 heteroatoms. The molecule has 0 bridgehead atoms. The lowest BCUT2D eigenvalue weighted by Crippen LogP contribution is -2.42. The number of rotatable bonds is 6. The van der Waals surface area contributed by atoms with E-state index in [1.54, 1.807) is 6.92 Å². The van der Waals surface area contributed by atoms with Crippen molar-refractivity contribution in [3.63, 3.8) is 0 Å². The van der Waals surface area contributed by atoms with E-state index < -0.39 is 6.10 Å². The van der Waals surface area contributed by atoms with Crippen molar-refractivity contribution in [2.45, 2.75) is 46.1 Å². The summed E-state index contributed by atoms with van der Waals surface area (Å²) in [6.45, 7) is 10.4. The highest BCUT2D eigenvalue weighted by Gasteiger charge is 2.17. The second-order valence-corrected chi connectivity index (χ2v) is 6.21. The Hall–Kier alpha value is -2.04. The summed E-state index contributed by atoms with van der Waals surface area (Å²) in [5.41, 5.74) is 1.28. The van der Waals surface area contributed by atoms with Crippen LogP contribution in [-0.4, -0.2) is 31.0 Å². The first-order chi connectivity index (χ1) is 10.2. The molecule has 0 heterocycles. The standard InChI is InChI=1S/C17H26N2O3/c1-6-18-15(20)11-19-16(21)12(2)22-14-9-7-13(8-10-14)17(3,4)5/h7-10,12H,6,11H2,1-5H3,(H,18,20)(H,19,21)/t12-/m0/s1. The summed E-state index contributed by atoms with van der Waals surface area (Å²) in [6.07, 6.45) is -0.657. The molecule has 1 atom stereocenters. The largest absolute Gasteiger partial charge is 0.481 e. The van der Waals surface area contributed by atoms with Crippen molar-refractivity contribution in [1.29, 1.82) is 0 Å². The maximum atomic E-state index is 11.9. The number of benzene rings is 1. The number of carbonyl (C=O) groups is 2. The van der Waals surface area contributed by atoms with E-state index in [0.717, 1.165) is 0 Å². The smallest absolute Gasteiger partial charge is 0.261 e. The zero-order valence-electron chi connectivity index (χ0n) is 14.0. The molecule has 0 radical (unpaired) electrons. The minimum Gasteiger partial charge on any atom is -0.481 e. The molecule has 0 aliphatic carbocycles. The van der Waals surface area contributed by atoms with Crippen LogP contribution in [0.5, 0.6) is 5.75 Å². The van der Waals surface area contributed by atoms with E-state index in [0.29, 0.717) is 12.3 Å². The fourth-order valence-corrected chi connectivity index (χ4v) is 1.86. The number of carbonyl (C=O) groups excluding carboxylic acids is 2. The fraction of sp³-hybridized carbons (Fsp3) is 0.529. The van der Waals surface area contributed by atoms with Gasteiger partial charge in [-0.1, -0.05) is 32.9 Å². The first-order valence-corrected chi connectivity index (χ1v) is 7.55. The molecule has 0 saturated heterocycles. The first-order valence-electron chi connectivity index (χ1n) is 7.55. The zero-order valence-corrected chi connectivity index (χ0v) is 14.0. The Bertz CT molecular complexity index is 504. The summed E-state index contributed by atoms with van der Waals surface area (Å²) in [7, 11) is 0. The maximum Gasteiger partial charge on any atom is 0.261 e. The van der Waals surface area contributed by atoms with E-state index in [4.69, 9.17) is 4.74 Å². The maximum absolute atomic E-state index is 11.9. The summed E-state index contributed by atoms with van der Waals surface area (Å²) in [4.78, 5) is 23.2. The number of likely N-dealkylation sites (N-methyl/N-ethyl adjacent to an activating group) is 1. The Morgan fingerprint density at radius 1 is 1.14 bits per heavy atom. The summed E-state index contributed by atoms with van der Waals surface area (Å²) in [6, 6.07) is 7.70. The zero-order chi connectivity index (χ0) is 16.8. The molecule has 2 amide bonds. The summed E-state index contributed by atoms with van der Waals surface area (Å²) in [5.74, 6) is 0.109. The van der Waals surface area contributed by atoms with Crippen LogP contribution < -0.4 is 15.4 Å². The summed E-state index contributed by atoms with van der Waals surface area (Å²) < 4.78 is 5.59. The van der Waals surface area contributed by atoms with Crippen LogP contribution in [0.15, 0.2) is 24.3 Å². The van der Waals surface area contributed by atoms with E-state index in [1.807, 2.05) is 31.2 Å². The topological polar surface area (TPSA) is 67.4 Å². The molecule has 1 aromatic carbocycles. The lowest BCUT2D eigenvalue weighted by molar-refractivity contribution is -0.130. The van der Waals surface area contributed by atoms with Gasteiger partial charge in [-0.3, -0.25) is 9.59 Å². The van der Waals surface area contributed by atoms with Gasteiger partial charge in [-0.15, -0.1) is 0 Å². The van der Waals surface area contributed by atoms with Crippen molar-refractivity contribution in [2.24, 2.45) is 0 Å². The average molecular weight is 306 g/mol. The third-order valence-electron chi connectivity index (χ3n) is 3.20. The molecule has 0 aromatic heterocycles. The molecular formula is C17H26N2O3. The van der Waals surface area contributed by atoms with Gasteiger partial charge in [0.05, 0.1) is 6.54 Å². The van der Waals surface area contributed by atoms with Gasteiger partial charge in [0.1, 0.15) is 5.75 Å². The molecular weight excluding hydrogens is 280 g/mol. The fourth-order valence-electron chi connectivity index (χ4n) is 1.86. The van der Waals surface area contributed by atoms with Crippen LogP contribution in [-0.2, 0) is 15.0 Å². The Kier molecular flexibility index (Phi) is 6.40. The Balaban J connectivity index is 2.52. The molecule has 0 spiro atoms. The Morgan fingerprint density at radius 2 is 1.73 bits per heavy atom. The van der Waals surface area contributed by atoms with Gasteiger partial charge in [0.2, 0.25) is 5.91 Å². The number of ether oxygens (including phenoxy) is 1. The van der Waals surface area contributed by atoms with E-state index in [1.165, 1.54) is 5.56 Å². The van der Waals surface area contributed by atoms with Crippen LogP contribution in [0.1, 0.15) is 40.2 Å². The van der Waals surface area contributed by atoms with Gasteiger partial charge < -0.3 is 15.4 Å². The third-order valence-corrected chi connectivity index (χ3v) is 3.20. The van der Waals surface area contributed by atoms with Crippen molar-refractivity contribution >= 4 is 11.8 Å². The molecule has 0 aliphatic heterocycles. The van der Waals surface area contributed by atoms with Gasteiger partial charge in [-0.2, -0.15) is 0 Å². The highest BCUT2D eigenvalue weighted by atomic mass is 16.5. The normalized spacial score (nSPS) is 12.4. The van der Waals surface area contributed by atoms with Gasteiger partial charge >= 0.3 is 0 Å². The monoisotopic (exact) mass is 306 g/mol. The van der Waals surface area contributed by atoms with Gasteiger partial charge in [0.15, 0.2) is 6.10 Å². The predicted molar refractivity (Wildman–Crippen MR) is 86.9 cm³/mol. The van der Waals surface area contributed by atoms with Crippen LogP contribution in [0.4, 0.5) is 0 Å². The average Bonchev–Trinajstić information content (AvgIpc) is 2.44. The number of amides is 2. The number of hydrogen-bond acceptors (Lipinski definition) is 3. The molecule has 0 unspecified atom stereocenters. The third kappa shape index (κ3) is 5.76. The van der Waals surface area contributed by atoms with Crippen molar-refractivity contribution in [3.8, 4) is 5.75 Å². The molecule has 1 rings (SSSR count). The van der Waals surface area contributed by atoms with Crippen LogP contribution in [0.2, 0.25) is 0 Å². The number of nitrogens with one attached hydrogen (secondary N) is 2. The second kappa shape index (κ2) is 7.82. The Morgan fingerprint density at radius 3 is 2.23 bits per heavy atom. The lowest BCUT2D eigenvalue weighted by Gasteiger charge is -2.20. The van der Waals surface area contributed by atoms with Gasteiger partial charge in [-0.25, -0.2) is 0 Å². The van der Waals surface area contributed by atoms with Gasteiger partial charge in [-0.05, 0) is 37.0 Å². The highest BCUT2D eigenvalue weighted by molar-refractivity contribution is 5.86. The first kappa shape index (κ1) is 18.0. The van der Waals surface area contributed by atoms with Gasteiger partial charge in [0, 0.05) is 6.54 Å². The molecule has 0 saturated carbocycles. The SMILES string of the molecule is CCNC(=O)CNC(=O)[C@H](C)Oc1ccc(C(C)(C)C)cc1. The van der Waals surface area contributed by atoms with Crippen LogP contribution in [0.3, 0.4) is 0 Å². The summed E-state index contributed by atoms with van der Waals surface area (Å²) >= 11 is 0. The van der Waals surface area contributed by atoms with Gasteiger partial charge in [0.25, 0.3) is 5.91 Å². The van der Waals surface area contributed by atoms with Crippen molar-refractivity contribution in [3.05, 3.63) is 29.8 Å². The van der Waals surface area contributed by atoms with Crippen molar-refractivity contribution < 1.29 is 14.3 Å². The van der Waals surface area contributed by atoms with Crippen LogP contribution in [0.25, 0.3) is 0 Å². The van der Waals surface area contributed by atoms with E-state index in [-0.39, 0.29) is 23.8 Å². The van der Waals surface area contributed by atoms with E-state index in [2.05, 4.69) is 31.4 Å². The van der Waals surface area contributed by atoms with E-state index >= 15 is 0 Å². The van der Waals surface area contributed by atoms with Crippen LogP contribution in [0, 0.1) is 0 Å². The summed E-state index contributed by atoms with van der Waals surface area (Å²) in [5, 5.41) is 5.16. The highest BCUT2D eigenvalue weighted by Crippen LogP contribution is 2.24. The number of hydrogen-bond donors (Lipinski definition) is 2. The minimum atomic E-state index is -0.657. The molecule has 5 nitrogen and oxygen atoms in total. The molecule has 122 valence electrons. The second-order valence-electron chi connectivity index (χ2n) is 6.21.